The highest BCUT2D eigenvalue weighted by molar-refractivity contribution is 5.81. The second-order valence-corrected chi connectivity index (χ2v) is 1.78. The van der Waals surface area contributed by atoms with Crippen LogP contribution in [0.3, 0.4) is 0 Å². The predicted octanol–water partition coefficient (Wildman–Crippen LogP) is -0.526. The molecule has 0 fully saturated rings. The molecule has 0 aromatic carbocycles. The average molecular weight is 137 g/mol. The van der Waals surface area contributed by atoms with Crippen LogP contribution in [-0.4, -0.2) is 23.7 Å². The van der Waals surface area contributed by atoms with Gasteiger partial charge in [0.05, 0.1) is 0 Å². The summed E-state index contributed by atoms with van der Waals surface area (Å²) in [4.78, 5) is 3.32. The Morgan fingerprint density at radius 2 is 2.70 bits per heavy atom. The van der Waals surface area contributed by atoms with Crippen molar-refractivity contribution in [3.63, 3.8) is 0 Å². The molecule has 1 aliphatic heterocycles. The van der Waals surface area contributed by atoms with Gasteiger partial charge in [0.25, 0.3) is 0 Å². The number of aliphatic imine (C=N–C) groups is 1. The number of nitrogens with zero attached hydrogens (tertiary/aromatic N) is 4. The third kappa shape index (κ3) is 1.23. The van der Waals surface area contributed by atoms with Crippen LogP contribution in [0, 0.1) is 11.5 Å². The van der Waals surface area contributed by atoms with Gasteiger partial charge < -0.3 is 5.73 Å². The van der Waals surface area contributed by atoms with E-state index in [4.69, 9.17) is 11.0 Å². The Hall–Kier alpha value is -1.57. The Morgan fingerprint density at radius 3 is 3.20 bits per heavy atom. The van der Waals surface area contributed by atoms with E-state index in [2.05, 4.69) is 10.1 Å². The summed E-state index contributed by atoms with van der Waals surface area (Å²) in [6, 6.07) is 0. The lowest BCUT2D eigenvalue weighted by molar-refractivity contribution is 0.485. The molecule has 1 heterocycles. The van der Waals surface area contributed by atoms with Crippen molar-refractivity contribution in [2.75, 3.05) is 6.54 Å². The zero-order valence-electron chi connectivity index (χ0n) is 5.36. The fraction of sp³-hybridized carbons (Fsp3) is 0.400. The van der Waals surface area contributed by atoms with E-state index in [0.717, 1.165) is 13.0 Å². The molecule has 0 amide bonds. The highest BCUT2D eigenvalue weighted by atomic mass is 15.5. The van der Waals surface area contributed by atoms with Gasteiger partial charge in [0.2, 0.25) is 12.2 Å². The molecular formula is C5H7N5. The van der Waals surface area contributed by atoms with Crippen molar-refractivity contribution in [2.24, 2.45) is 15.8 Å². The van der Waals surface area contributed by atoms with Crippen LogP contribution in [0.5, 0.6) is 0 Å². The Labute approximate surface area is 58.4 Å². The van der Waals surface area contributed by atoms with Crippen molar-refractivity contribution in [1.29, 1.82) is 5.26 Å². The lowest BCUT2D eigenvalue weighted by atomic mass is 10.5. The molecule has 5 heteroatoms. The second kappa shape index (κ2) is 2.82. The molecule has 5 nitrogen and oxygen atoms in total. The first kappa shape index (κ1) is 6.55. The summed E-state index contributed by atoms with van der Waals surface area (Å²) in [6.45, 7) is 0.719. The molecule has 2 N–H and O–H groups in total. The van der Waals surface area contributed by atoms with Crippen molar-refractivity contribution < 1.29 is 0 Å². The van der Waals surface area contributed by atoms with E-state index in [9.17, 15) is 0 Å². The summed E-state index contributed by atoms with van der Waals surface area (Å²) < 4.78 is 0. The zero-order chi connectivity index (χ0) is 7.40. The van der Waals surface area contributed by atoms with E-state index in [1.807, 2.05) is 0 Å². The maximum absolute atomic E-state index is 8.10. The standard InChI is InChI=1S/C5H7N5/c6-4-8-5(7)10-3-1-2-9-10/h2H,1,3H2,(H2,7,8). The molecule has 1 aliphatic rings. The quantitative estimate of drug-likeness (QED) is 0.277. The van der Waals surface area contributed by atoms with E-state index in [-0.39, 0.29) is 5.96 Å². The lowest BCUT2D eigenvalue weighted by Gasteiger charge is -2.08. The van der Waals surface area contributed by atoms with Gasteiger partial charge >= 0.3 is 0 Å². The van der Waals surface area contributed by atoms with Gasteiger partial charge in [-0.3, -0.25) is 0 Å². The molecule has 10 heavy (non-hydrogen) atoms. The Balaban J connectivity index is 2.58. The fourth-order valence-corrected chi connectivity index (χ4v) is 0.677. The summed E-state index contributed by atoms with van der Waals surface area (Å²) in [5, 5.41) is 13.4. The Kier molecular flexibility index (Phi) is 1.85. The molecule has 0 saturated carbocycles. The summed E-state index contributed by atoms with van der Waals surface area (Å²) in [7, 11) is 0. The first-order chi connectivity index (χ1) is 4.84. The van der Waals surface area contributed by atoms with E-state index in [1.165, 1.54) is 5.01 Å². The molecule has 0 radical (unpaired) electrons. The topological polar surface area (TPSA) is 77.8 Å². The van der Waals surface area contributed by atoms with Gasteiger partial charge in [-0.2, -0.15) is 10.4 Å². The minimum atomic E-state index is 0.163. The molecule has 0 atom stereocenters. The van der Waals surface area contributed by atoms with Gasteiger partial charge in [-0.15, -0.1) is 4.99 Å². The minimum Gasteiger partial charge on any atom is -0.367 e. The van der Waals surface area contributed by atoms with E-state index in [0.29, 0.717) is 0 Å². The highest BCUT2D eigenvalue weighted by Gasteiger charge is 2.08. The van der Waals surface area contributed by atoms with E-state index >= 15 is 0 Å². The van der Waals surface area contributed by atoms with Crippen LogP contribution in [0.4, 0.5) is 0 Å². The molecule has 52 valence electrons. The van der Waals surface area contributed by atoms with Gasteiger partial charge in [-0.25, -0.2) is 5.01 Å². The van der Waals surface area contributed by atoms with Crippen LogP contribution < -0.4 is 5.73 Å². The molecule has 0 aromatic heterocycles. The summed E-state index contributed by atoms with van der Waals surface area (Å²) in [5.41, 5.74) is 5.33. The second-order valence-electron chi connectivity index (χ2n) is 1.78. The van der Waals surface area contributed by atoms with Crippen LogP contribution in [0.1, 0.15) is 6.42 Å². The summed E-state index contributed by atoms with van der Waals surface area (Å²) in [6.07, 6.45) is 4.19. The summed E-state index contributed by atoms with van der Waals surface area (Å²) >= 11 is 0. The van der Waals surface area contributed by atoms with Gasteiger partial charge in [0.15, 0.2) is 0 Å². The summed E-state index contributed by atoms with van der Waals surface area (Å²) in [5.74, 6) is 0.163. The van der Waals surface area contributed by atoms with Crippen molar-refractivity contribution in [3.8, 4) is 6.19 Å². The van der Waals surface area contributed by atoms with Gasteiger partial charge in [0.1, 0.15) is 0 Å². The molecule has 0 aromatic rings. The smallest absolute Gasteiger partial charge is 0.227 e. The fourth-order valence-electron chi connectivity index (χ4n) is 0.677. The Morgan fingerprint density at radius 1 is 1.90 bits per heavy atom. The molecule has 0 unspecified atom stereocenters. The van der Waals surface area contributed by atoms with Crippen molar-refractivity contribution >= 4 is 12.2 Å². The van der Waals surface area contributed by atoms with Crippen molar-refractivity contribution in [3.05, 3.63) is 0 Å². The van der Waals surface area contributed by atoms with E-state index in [1.54, 1.807) is 12.4 Å². The van der Waals surface area contributed by atoms with Gasteiger partial charge in [-0.05, 0) is 0 Å². The van der Waals surface area contributed by atoms with Crippen LogP contribution in [-0.2, 0) is 0 Å². The number of rotatable bonds is 0. The highest BCUT2D eigenvalue weighted by Crippen LogP contribution is 1.97. The molecule has 0 aliphatic carbocycles. The minimum absolute atomic E-state index is 0.163. The number of hydrazone groups is 1. The maximum atomic E-state index is 8.10. The molecule has 1 rings (SSSR count). The van der Waals surface area contributed by atoms with Crippen LogP contribution in [0.2, 0.25) is 0 Å². The molecule has 0 spiro atoms. The third-order valence-corrected chi connectivity index (χ3v) is 1.12. The van der Waals surface area contributed by atoms with Crippen LogP contribution in [0.15, 0.2) is 10.1 Å². The normalized spacial score (nSPS) is 17.5. The Bertz CT molecular complexity index is 211. The van der Waals surface area contributed by atoms with Crippen LogP contribution >= 0.6 is 0 Å². The SMILES string of the molecule is N#CN=C(N)N1CCC=N1. The molecular weight excluding hydrogens is 130 g/mol. The number of nitrogens with two attached hydrogens (primary N) is 1. The zero-order valence-corrected chi connectivity index (χ0v) is 5.36. The molecule has 0 saturated heterocycles. The maximum Gasteiger partial charge on any atom is 0.227 e. The van der Waals surface area contributed by atoms with Crippen molar-refractivity contribution in [1.82, 2.24) is 5.01 Å². The van der Waals surface area contributed by atoms with Gasteiger partial charge in [-0.1, -0.05) is 0 Å². The van der Waals surface area contributed by atoms with Crippen molar-refractivity contribution in [2.45, 2.75) is 6.42 Å². The first-order valence-electron chi connectivity index (χ1n) is 2.87. The third-order valence-electron chi connectivity index (χ3n) is 1.12. The number of hydrogen-bond acceptors (Lipinski definition) is 3. The number of hydrogen-bond donors (Lipinski definition) is 1. The average Bonchev–Trinajstić information content (AvgIpc) is 2.38. The van der Waals surface area contributed by atoms with Crippen LogP contribution in [0.25, 0.3) is 0 Å². The lowest BCUT2D eigenvalue weighted by Crippen LogP contribution is -2.31. The van der Waals surface area contributed by atoms with E-state index < -0.39 is 0 Å². The molecule has 0 bridgehead atoms. The number of nitriles is 1. The first-order valence-corrected chi connectivity index (χ1v) is 2.87. The largest absolute Gasteiger partial charge is 0.367 e. The predicted molar refractivity (Wildman–Crippen MR) is 37.1 cm³/mol. The monoisotopic (exact) mass is 137 g/mol. The van der Waals surface area contributed by atoms with Gasteiger partial charge in [0, 0.05) is 19.2 Å². The number of guanidine groups is 1.